The highest BCUT2D eigenvalue weighted by atomic mass is 16.5. The van der Waals surface area contributed by atoms with Gasteiger partial charge < -0.3 is 9.47 Å². The second-order valence-electron chi connectivity index (χ2n) is 6.11. The Morgan fingerprint density at radius 1 is 1.11 bits per heavy atom. The van der Waals surface area contributed by atoms with Crippen molar-refractivity contribution in [3.63, 3.8) is 0 Å². The predicted octanol–water partition coefficient (Wildman–Crippen LogP) is 1.28. The molecule has 0 radical (unpaired) electrons. The first-order valence-corrected chi connectivity index (χ1v) is 8.38. The average Bonchev–Trinajstić information content (AvgIpc) is 2.66. The summed E-state index contributed by atoms with van der Waals surface area (Å²) in [4.78, 5) is 35.0. The summed E-state index contributed by atoms with van der Waals surface area (Å²) in [6, 6.07) is 7.12. The molecule has 0 aliphatic carbocycles. The number of methoxy groups -OCH3 is 1. The number of H-pyrrole nitrogens is 1. The van der Waals surface area contributed by atoms with Crippen LogP contribution < -0.4 is 25.9 Å². The van der Waals surface area contributed by atoms with Crippen LogP contribution in [0.1, 0.15) is 41.1 Å². The van der Waals surface area contributed by atoms with E-state index in [9.17, 15) is 14.4 Å². The van der Waals surface area contributed by atoms with Crippen molar-refractivity contribution in [1.29, 1.82) is 0 Å². The zero-order chi connectivity index (χ0) is 19.8. The van der Waals surface area contributed by atoms with Gasteiger partial charge in [0, 0.05) is 11.6 Å². The first-order valence-electron chi connectivity index (χ1n) is 8.38. The Morgan fingerprint density at radius 3 is 2.48 bits per heavy atom. The van der Waals surface area contributed by atoms with E-state index in [1.807, 2.05) is 0 Å². The largest absolute Gasteiger partial charge is 0.493 e. The van der Waals surface area contributed by atoms with Crippen molar-refractivity contribution in [2.75, 3.05) is 13.7 Å². The molecule has 1 aromatic carbocycles. The van der Waals surface area contributed by atoms with Gasteiger partial charge >= 0.3 is 0 Å². The highest BCUT2D eigenvalue weighted by Crippen LogP contribution is 2.28. The van der Waals surface area contributed by atoms with Gasteiger partial charge in [-0.15, -0.1) is 0 Å². The number of carbonyl (C=O) groups is 2. The predicted molar refractivity (Wildman–Crippen MR) is 97.7 cm³/mol. The smallest absolute Gasteiger partial charge is 0.290 e. The summed E-state index contributed by atoms with van der Waals surface area (Å²) in [5.74, 6) is 0.262. The van der Waals surface area contributed by atoms with Crippen LogP contribution in [0.25, 0.3) is 0 Å². The normalized spacial score (nSPS) is 10.4. The first-order chi connectivity index (χ1) is 12.9. The highest BCUT2D eigenvalue weighted by molar-refractivity contribution is 5.98. The molecular formula is C18H22N4O5. The SMILES string of the molecule is COc1cc(C(=O)NNC(=O)c2ccc(=O)[nH]n2)ccc1OCCC(C)C. The van der Waals surface area contributed by atoms with Gasteiger partial charge in [0.25, 0.3) is 17.4 Å². The van der Waals surface area contributed by atoms with E-state index in [-0.39, 0.29) is 11.3 Å². The Balaban J connectivity index is 1.98. The van der Waals surface area contributed by atoms with Crippen molar-refractivity contribution in [3.8, 4) is 11.5 Å². The zero-order valence-electron chi connectivity index (χ0n) is 15.4. The summed E-state index contributed by atoms with van der Waals surface area (Å²) >= 11 is 0. The fraction of sp³-hybridized carbons (Fsp3) is 0.333. The number of benzene rings is 1. The molecule has 2 aromatic rings. The van der Waals surface area contributed by atoms with Gasteiger partial charge in [0.15, 0.2) is 17.2 Å². The lowest BCUT2D eigenvalue weighted by atomic mass is 10.1. The molecule has 0 fully saturated rings. The van der Waals surface area contributed by atoms with E-state index in [1.165, 1.54) is 19.2 Å². The van der Waals surface area contributed by atoms with Crippen LogP contribution in [-0.2, 0) is 0 Å². The van der Waals surface area contributed by atoms with Crippen molar-refractivity contribution >= 4 is 11.8 Å². The van der Waals surface area contributed by atoms with Crippen LogP contribution in [-0.4, -0.2) is 35.7 Å². The van der Waals surface area contributed by atoms with Crippen molar-refractivity contribution in [1.82, 2.24) is 21.0 Å². The maximum Gasteiger partial charge on any atom is 0.290 e. The molecule has 0 unspecified atom stereocenters. The first kappa shape index (κ1) is 20.0. The topological polar surface area (TPSA) is 122 Å². The van der Waals surface area contributed by atoms with Crippen LogP contribution in [0.4, 0.5) is 0 Å². The molecule has 2 amide bonds. The van der Waals surface area contributed by atoms with E-state index < -0.39 is 17.4 Å². The molecule has 0 atom stereocenters. The summed E-state index contributed by atoms with van der Waals surface area (Å²) in [6.45, 7) is 4.75. The number of hydrazine groups is 1. The third-order valence-electron chi connectivity index (χ3n) is 3.58. The van der Waals surface area contributed by atoms with E-state index in [0.29, 0.717) is 24.0 Å². The minimum atomic E-state index is -0.666. The van der Waals surface area contributed by atoms with Gasteiger partial charge in [-0.3, -0.25) is 25.2 Å². The van der Waals surface area contributed by atoms with Gasteiger partial charge in [-0.05, 0) is 36.6 Å². The number of aromatic nitrogens is 2. The maximum absolute atomic E-state index is 12.2. The number of rotatable bonds is 7. The molecule has 9 heteroatoms. The molecule has 2 rings (SSSR count). The fourth-order valence-corrected chi connectivity index (χ4v) is 2.05. The summed E-state index contributed by atoms with van der Waals surface area (Å²) in [7, 11) is 1.48. The number of carbonyl (C=O) groups excluding carboxylic acids is 2. The molecule has 0 bridgehead atoms. The highest BCUT2D eigenvalue weighted by Gasteiger charge is 2.13. The Bertz CT molecular complexity index is 843. The summed E-state index contributed by atoms with van der Waals surface area (Å²) in [5, 5.41) is 5.71. The van der Waals surface area contributed by atoms with E-state index in [4.69, 9.17) is 9.47 Å². The van der Waals surface area contributed by atoms with Crippen molar-refractivity contribution in [3.05, 3.63) is 51.9 Å². The zero-order valence-corrected chi connectivity index (χ0v) is 15.4. The lowest BCUT2D eigenvalue weighted by Crippen LogP contribution is -2.42. The molecule has 0 spiro atoms. The number of nitrogens with one attached hydrogen (secondary N) is 3. The summed E-state index contributed by atoms with van der Waals surface area (Å²) < 4.78 is 10.9. The van der Waals surface area contributed by atoms with E-state index in [1.54, 1.807) is 12.1 Å². The molecule has 0 aliphatic heterocycles. The Labute approximate surface area is 156 Å². The van der Waals surface area contributed by atoms with Gasteiger partial charge in [-0.1, -0.05) is 13.8 Å². The molecule has 27 heavy (non-hydrogen) atoms. The van der Waals surface area contributed by atoms with Crippen LogP contribution in [0.5, 0.6) is 11.5 Å². The minimum Gasteiger partial charge on any atom is -0.493 e. The standard InChI is InChI=1S/C18H22N4O5/c1-11(2)8-9-27-14-6-4-12(10-15(14)26-3)17(24)21-22-18(25)13-5-7-16(23)20-19-13/h4-7,10-11H,8-9H2,1-3H3,(H,20,23)(H,21,24)(H,22,25). The van der Waals surface area contributed by atoms with Crippen LogP contribution >= 0.6 is 0 Å². The van der Waals surface area contributed by atoms with Gasteiger partial charge in [0.1, 0.15) is 0 Å². The van der Waals surface area contributed by atoms with Crippen molar-refractivity contribution in [2.24, 2.45) is 5.92 Å². The van der Waals surface area contributed by atoms with E-state index in [0.717, 1.165) is 12.5 Å². The van der Waals surface area contributed by atoms with Crippen LogP contribution in [0, 0.1) is 5.92 Å². The van der Waals surface area contributed by atoms with Crippen LogP contribution in [0.15, 0.2) is 35.1 Å². The van der Waals surface area contributed by atoms with Gasteiger partial charge in [-0.2, -0.15) is 5.10 Å². The molecule has 0 saturated heterocycles. The molecule has 1 aromatic heterocycles. The Morgan fingerprint density at radius 2 is 1.85 bits per heavy atom. The lowest BCUT2D eigenvalue weighted by molar-refractivity contribution is 0.0843. The minimum absolute atomic E-state index is 0.0404. The third kappa shape index (κ3) is 5.84. The van der Waals surface area contributed by atoms with E-state index in [2.05, 4.69) is 34.9 Å². The molecule has 0 saturated carbocycles. The summed E-state index contributed by atoms with van der Waals surface area (Å²) in [5.41, 5.74) is 4.30. The second-order valence-corrected chi connectivity index (χ2v) is 6.11. The molecular weight excluding hydrogens is 352 g/mol. The van der Waals surface area contributed by atoms with Gasteiger partial charge in [-0.25, -0.2) is 5.10 Å². The third-order valence-corrected chi connectivity index (χ3v) is 3.58. The average molecular weight is 374 g/mol. The second kappa shape index (κ2) is 9.37. The number of nitrogens with zero attached hydrogens (tertiary/aromatic N) is 1. The number of hydrogen-bond donors (Lipinski definition) is 3. The van der Waals surface area contributed by atoms with Crippen LogP contribution in [0.2, 0.25) is 0 Å². The number of aromatic amines is 1. The monoisotopic (exact) mass is 374 g/mol. The Kier molecular flexibility index (Phi) is 6.93. The summed E-state index contributed by atoms with van der Waals surface area (Å²) in [6.07, 6.45) is 0.899. The molecule has 0 aliphatic rings. The van der Waals surface area contributed by atoms with Gasteiger partial charge in [0.05, 0.1) is 13.7 Å². The molecule has 9 nitrogen and oxygen atoms in total. The van der Waals surface area contributed by atoms with Crippen LogP contribution in [0.3, 0.4) is 0 Å². The molecule has 144 valence electrons. The number of hydrogen-bond acceptors (Lipinski definition) is 6. The number of amides is 2. The quantitative estimate of drug-likeness (QED) is 0.628. The van der Waals surface area contributed by atoms with E-state index >= 15 is 0 Å². The fourth-order valence-electron chi connectivity index (χ4n) is 2.05. The molecule has 1 heterocycles. The van der Waals surface area contributed by atoms with Gasteiger partial charge in [0.2, 0.25) is 0 Å². The lowest BCUT2D eigenvalue weighted by Gasteiger charge is -2.13. The van der Waals surface area contributed by atoms with Crippen molar-refractivity contribution in [2.45, 2.75) is 20.3 Å². The Hall–Kier alpha value is -3.36. The molecule has 3 N–H and O–H groups in total. The van der Waals surface area contributed by atoms with Crippen molar-refractivity contribution < 1.29 is 19.1 Å². The number of ether oxygens (including phenoxy) is 2. The maximum atomic E-state index is 12.2.